The molecule has 0 spiro atoms. The first-order valence-electron chi connectivity index (χ1n) is 9.23. The first kappa shape index (κ1) is 22.7. The molecule has 3 rings (SSSR count). The molecular formula is C20H19ClN4O5S. The largest absolute Gasteiger partial charge is 0.383 e. The second-order valence-electron chi connectivity index (χ2n) is 6.49. The van der Waals surface area contributed by atoms with Crippen LogP contribution in [0, 0.1) is 10.1 Å². The SMILES string of the molecule is COCCN1C(=O)C(CC(=O)Nc2cc([N+](=O)[O-])ccc2Cl)SC1=Nc1ccccc1. The molecule has 1 aliphatic rings. The molecule has 1 N–H and O–H groups in total. The van der Waals surface area contributed by atoms with E-state index in [1.54, 1.807) is 0 Å². The van der Waals surface area contributed by atoms with Gasteiger partial charge in [0.25, 0.3) is 5.69 Å². The van der Waals surface area contributed by atoms with Gasteiger partial charge >= 0.3 is 0 Å². The zero-order chi connectivity index (χ0) is 22.4. The van der Waals surface area contributed by atoms with Gasteiger partial charge in [-0.1, -0.05) is 41.6 Å². The topological polar surface area (TPSA) is 114 Å². The molecule has 1 unspecified atom stereocenters. The van der Waals surface area contributed by atoms with E-state index >= 15 is 0 Å². The van der Waals surface area contributed by atoms with Gasteiger partial charge < -0.3 is 10.1 Å². The van der Waals surface area contributed by atoms with E-state index in [1.807, 2.05) is 30.3 Å². The molecule has 1 fully saturated rings. The monoisotopic (exact) mass is 462 g/mol. The molecule has 1 aliphatic heterocycles. The van der Waals surface area contributed by atoms with Crippen molar-refractivity contribution in [1.29, 1.82) is 0 Å². The first-order chi connectivity index (χ1) is 14.9. The minimum absolute atomic E-state index is 0.116. The summed E-state index contributed by atoms with van der Waals surface area (Å²) in [5.41, 5.74) is 0.605. The Kier molecular flexibility index (Phi) is 7.61. The van der Waals surface area contributed by atoms with Gasteiger partial charge in [-0.3, -0.25) is 24.6 Å². The van der Waals surface area contributed by atoms with Crippen molar-refractivity contribution in [1.82, 2.24) is 4.90 Å². The van der Waals surface area contributed by atoms with E-state index in [0.717, 1.165) is 0 Å². The summed E-state index contributed by atoms with van der Waals surface area (Å²) >= 11 is 7.23. The number of amides is 2. The Balaban J connectivity index is 1.74. The Morgan fingerprint density at radius 2 is 2.06 bits per heavy atom. The van der Waals surface area contributed by atoms with Crippen LogP contribution in [0.25, 0.3) is 0 Å². The molecule has 1 saturated heterocycles. The number of halogens is 1. The van der Waals surface area contributed by atoms with Gasteiger partial charge in [0, 0.05) is 25.7 Å². The highest BCUT2D eigenvalue weighted by Crippen LogP contribution is 2.32. The third-order valence-corrected chi connectivity index (χ3v) is 5.83. The number of thioether (sulfide) groups is 1. The third-order valence-electron chi connectivity index (χ3n) is 4.33. The summed E-state index contributed by atoms with van der Waals surface area (Å²) in [5, 5.41) is 13.5. The second kappa shape index (κ2) is 10.4. The molecule has 1 atom stereocenters. The number of nitrogens with one attached hydrogen (secondary N) is 1. The van der Waals surface area contributed by atoms with Crippen molar-refractivity contribution in [3.05, 3.63) is 63.7 Å². The molecule has 1 heterocycles. The fourth-order valence-electron chi connectivity index (χ4n) is 2.82. The van der Waals surface area contributed by atoms with E-state index in [4.69, 9.17) is 16.3 Å². The minimum Gasteiger partial charge on any atom is -0.383 e. The summed E-state index contributed by atoms with van der Waals surface area (Å²) in [6.45, 7) is 0.630. The number of anilines is 1. The van der Waals surface area contributed by atoms with Crippen molar-refractivity contribution in [3.8, 4) is 0 Å². The van der Waals surface area contributed by atoms with Crippen LogP contribution in [-0.4, -0.2) is 52.3 Å². The van der Waals surface area contributed by atoms with Gasteiger partial charge in [0.2, 0.25) is 11.8 Å². The third kappa shape index (κ3) is 5.81. The summed E-state index contributed by atoms with van der Waals surface area (Å²) in [4.78, 5) is 41.8. The highest BCUT2D eigenvalue weighted by molar-refractivity contribution is 8.15. The average Bonchev–Trinajstić information content (AvgIpc) is 3.02. The predicted octanol–water partition coefficient (Wildman–Crippen LogP) is 3.85. The Labute approximate surface area is 187 Å². The van der Waals surface area contributed by atoms with E-state index < -0.39 is 16.1 Å². The van der Waals surface area contributed by atoms with E-state index in [0.29, 0.717) is 24.0 Å². The van der Waals surface area contributed by atoms with Crippen molar-refractivity contribution in [2.75, 3.05) is 25.6 Å². The number of methoxy groups -OCH3 is 1. The Hall–Kier alpha value is -2.95. The molecule has 0 radical (unpaired) electrons. The highest BCUT2D eigenvalue weighted by atomic mass is 35.5. The van der Waals surface area contributed by atoms with Crippen LogP contribution >= 0.6 is 23.4 Å². The van der Waals surface area contributed by atoms with Crippen molar-refractivity contribution >= 4 is 57.4 Å². The number of carbonyl (C=O) groups is 2. The summed E-state index contributed by atoms with van der Waals surface area (Å²) in [6.07, 6.45) is -0.139. The highest BCUT2D eigenvalue weighted by Gasteiger charge is 2.39. The zero-order valence-electron chi connectivity index (χ0n) is 16.5. The molecule has 0 aliphatic carbocycles. The fourth-order valence-corrected chi connectivity index (χ4v) is 4.17. The lowest BCUT2D eigenvalue weighted by Gasteiger charge is -2.15. The number of ether oxygens (including phenoxy) is 1. The molecule has 11 heteroatoms. The summed E-state index contributed by atoms with van der Waals surface area (Å²) in [6, 6.07) is 12.9. The van der Waals surface area contributed by atoms with Crippen LogP contribution in [0.1, 0.15) is 6.42 Å². The van der Waals surface area contributed by atoms with Crippen molar-refractivity contribution in [2.24, 2.45) is 4.99 Å². The van der Waals surface area contributed by atoms with Crippen molar-refractivity contribution < 1.29 is 19.2 Å². The van der Waals surface area contributed by atoms with Crippen LogP contribution in [0.15, 0.2) is 53.5 Å². The standard InChI is InChI=1S/C20H19ClN4O5S/c1-30-10-9-24-19(27)17(31-20(24)22-13-5-3-2-4-6-13)12-18(26)23-16-11-14(25(28)29)7-8-15(16)21/h2-8,11,17H,9-10,12H2,1H3,(H,23,26). The Morgan fingerprint density at radius 1 is 1.32 bits per heavy atom. The number of para-hydroxylation sites is 1. The lowest BCUT2D eigenvalue weighted by Crippen LogP contribution is -2.35. The van der Waals surface area contributed by atoms with Crippen LogP contribution in [0.2, 0.25) is 5.02 Å². The molecule has 2 amide bonds. The van der Waals surface area contributed by atoms with Gasteiger partial charge in [0.05, 0.1) is 34.5 Å². The maximum atomic E-state index is 12.9. The number of benzene rings is 2. The maximum absolute atomic E-state index is 12.9. The molecule has 0 bridgehead atoms. The van der Waals surface area contributed by atoms with E-state index in [1.165, 1.54) is 42.0 Å². The molecule has 2 aromatic rings. The first-order valence-corrected chi connectivity index (χ1v) is 10.5. The van der Waals surface area contributed by atoms with Gasteiger partial charge in [0.15, 0.2) is 5.17 Å². The Morgan fingerprint density at radius 3 is 2.74 bits per heavy atom. The van der Waals surface area contributed by atoms with Gasteiger partial charge in [-0.05, 0) is 18.2 Å². The van der Waals surface area contributed by atoms with Crippen molar-refractivity contribution in [2.45, 2.75) is 11.7 Å². The number of nitrogens with zero attached hydrogens (tertiary/aromatic N) is 3. The van der Waals surface area contributed by atoms with Crippen LogP contribution < -0.4 is 5.32 Å². The molecule has 0 saturated carbocycles. The molecule has 31 heavy (non-hydrogen) atoms. The second-order valence-corrected chi connectivity index (χ2v) is 8.07. The average molecular weight is 463 g/mol. The number of rotatable bonds is 8. The van der Waals surface area contributed by atoms with Gasteiger partial charge in [-0.25, -0.2) is 4.99 Å². The number of hydrogen-bond acceptors (Lipinski definition) is 7. The number of carbonyl (C=O) groups excluding carboxylic acids is 2. The molecule has 162 valence electrons. The number of nitro benzene ring substituents is 1. The quantitative estimate of drug-likeness (QED) is 0.470. The van der Waals surface area contributed by atoms with E-state index in [-0.39, 0.29) is 28.7 Å². The summed E-state index contributed by atoms with van der Waals surface area (Å²) in [7, 11) is 1.54. The maximum Gasteiger partial charge on any atom is 0.271 e. The number of aliphatic imine (C=N–C) groups is 1. The normalized spacial score (nSPS) is 17.2. The zero-order valence-corrected chi connectivity index (χ0v) is 18.1. The summed E-state index contributed by atoms with van der Waals surface area (Å²) < 4.78 is 5.08. The van der Waals surface area contributed by atoms with Gasteiger partial charge in [0.1, 0.15) is 5.25 Å². The van der Waals surface area contributed by atoms with Crippen molar-refractivity contribution in [3.63, 3.8) is 0 Å². The smallest absolute Gasteiger partial charge is 0.271 e. The van der Waals surface area contributed by atoms with Crippen LogP contribution in [0.3, 0.4) is 0 Å². The van der Waals surface area contributed by atoms with Crippen LogP contribution in [0.5, 0.6) is 0 Å². The number of hydrogen-bond donors (Lipinski definition) is 1. The number of nitro groups is 1. The fraction of sp³-hybridized carbons (Fsp3) is 0.250. The van der Waals surface area contributed by atoms with E-state index in [2.05, 4.69) is 10.3 Å². The lowest BCUT2D eigenvalue weighted by molar-refractivity contribution is -0.384. The van der Waals surface area contributed by atoms with E-state index in [9.17, 15) is 19.7 Å². The minimum atomic E-state index is -0.684. The lowest BCUT2D eigenvalue weighted by atomic mass is 10.2. The predicted molar refractivity (Wildman–Crippen MR) is 120 cm³/mol. The van der Waals surface area contributed by atoms with Gasteiger partial charge in [-0.2, -0.15) is 0 Å². The number of amidine groups is 1. The molecular weight excluding hydrogens is 444 g/mol. The van der Waals surface area contributed by atoms with Crippen LogP contribution in [0.4, 0.5) is 17.1 Å². The van der Waals surface area contributed by atoms with Gasteiger partial charge in [-0.15, -0.1) is 0 Å². The molecule has 9 nitrogen and oxygen atoms in total. The number of non-ortho nitro benzene ring substituents is 1. The molecule has 2 aromatic carbocycles. The van der Waals surface area contributed by atoms with Crippen LogP contribution in [-0.2, 0) is 14.3 Å². The summed E-state index contributed by atoms with van der Waals surface area (Å²) in [5.74, 6) is -0.738. The Bertz CT molecular complexity index is 1020. The molecule has 0 aromatic heterocycles.